The molecule has 6 nitrogen and oxygen atoms in total. The van der Waals surface area contributed by atoms with Gasteiger partial charge in [-0.05, 0) is 56.8 Å². The number of carbonyl (C=O) groups excluding carboxylic acids is 1. The van der Waals surface area contributed by atoms with E-state index in [0.29, 0.717) is 19.0 Å². The number of H-pyrrole nitrogens is 1. The summed E-state index contributed by atoms with van der Waals surface area (Å²) in [6.07, 6.45) is 10.9. The Morgan fingerprint density at radius 2 is 2.10 bits per heavy atom. The van der Waals surface area contributed by atoms with E-state index < -0.39 is 0 Å². The number of nitrogens with one attached hydrogen (secondary N) is 1. The van der Waals surface area contributed by atoms with Crippen molar-refractivity contribution in [3.63, 3.8) is 0 Å². The van der Waals surface area contributed by atoms with Gasteiger partial charge in [0, 0.05) is 37.9 Å². The van der Waals surface area contributed by atoms with Gasteiger partial charge >= 0.3 is 0 Å². The predicted molar refractivity (Wildman–Crippen MR) is 118 cm³/mol. The minimum atomic E-state index is -0.137. The van der Waals surface area contributed by atoms with Crippen LogP contribution in [0.25, 0.3) is 6.08 Å². The van der Waals surface area contributed by atoms with Crippen LogP contribution in [0.2, 0.25) is 0 Å². The Morgan fingerprint density at radius 3 is 2.81 bits per heavy atom. The average Bonchev–Trinajstić information content (AvgIpc) is 3.49. The Hall–Kier alpha value is -2.51. The molecule has 1 aromatic carbocycles. The van der Waals surface area contributed by atoms with Crippen LogP contribution in [0.15, 0.2) is 42.9 Å². The molecular weight excluding hydrogens is 395 g/mol. The fraction of sp³-hybridized carbons (Fsp3) is 0.500. The summed E-state index contributed by atoms with van der Waals surface area (Å²) in [6.45, 7) is 4.65. The average molecular weight is 427 g/mol. The number of amides is 1. The minimum Gasteiger partial charge on any atom is -0.376 e. The SMILES string of the molecule is O=C(/C=C/c1cnc[nH]1)N(CC1CCN(Cc2ccccc2F)CC1)C[C@@H]1CCCO1. The Balaban J connectivity index is 1.32. The fourth-order valence-corrected chi connectivity index (χ4v) is 4.42. The van der Waals surface area contributed by atoms with E-state index in [1.807, 2.05) is 17.0 Å². The van der Waals surface area contributed by atoms with Crippen LogP contribution in [0.4, 0.5) is 4.39 Å². The number of hydrogen-bond donors (Lipinski definition) is 1. The molecule has 2 saturated heterocycles. The van der Waals surface area contributed by atoms with Gasteiger partial charge in [-0.25, -0.2) is 9.37 Å². The molecule has 2 aliphatic heterocycles. The number of aromatic nitrogens is 2. The topological polar surface area (TPSA) is 61.5 Å². The molecule has 0 aliphatic carbocycles. The lowest BCUT2D eigenvalue weighted by atomic mass is 9.95. The second-order valence-electron chi connectivity index (χ2n) is 8.53. The molecule has 4 rings (SSSR count). The van der Waals surface area contributed by atoms with Crippen LogP contribution in [0.1, 0.15) is 36.9 Å². The molecule has 3 heterocycles. The second kappa shape index (κ2) is 10.7. The number of benzene rings is 1. The zero-order chi connectivity index (χ0) is 21.5. The van der Waals surface area contributed by atoms with E-state index in [0.717, 1.165) is 63.2 Å². The molecule has 166 valence electrons. The summed E-state index contributed by atoms with van der Waals surface area (Å²) in [7, 11) is 0. The Kier molecular flexibility index (Phi) is 7.48. The van der Waals surface area contributed by atoms with Crippen molar-refractivity contribution in [3.05, 3.63) is 59.9 Å². The third-order valence-electron chi connectivity index (χ3n) is 6.22. The van der Waals surface area contributed by atoms with Crippen LogP contribution in [-0.2, 0) is 16.1 Å². The number of hydrogen-bond acceptors (Lipinski definition) is 4. The first-order chi connectivity index (χ1) is 15.2. The Morgan fingerprint density at radius 1 is 1.26 bits per heavy atom. The van der Waals surface area contributed by atoms with E-state index in [4.69, 9.17) is 4.74 Å². The molecule has 0 radical (unpaired) electrons. The molecule has 0 unspecified atom stereocenters. The molecule has 1 atom stereocenters. The lowest BCUT2D eigenvalue weighted by Crippen LogP contribution is -2.43. The molecule has 1 aromatic heterocycles. The highest BCUT2D eigenvalue weighted by atomic mass is 19.1. The summed E-state index contributed by atoms with van der Waals surface area (Å²) < 4.78 is 19.7. The van der Waals surface area contributed by atoms with Crippen molar-refractivity contribution in [1.29, 1.82) is 0 Å². The summed E-state index contributed by atoms with van der Waals surface area (Å²) in [5.41, 5.74) is 1.56. The molecule has 0 bridgehead atoms. The number of imidazole rings is 1. The lowest BCUT2D eigenvalue weighted by Gasteiger charge is -2.35. The zero-order valence-corrected chi connectivity index (χ0v) is 17.9. The van der Waals surface area contributed by atoms with Crippen molar-refractivity contribution in [2.75, 3.05) is 32.8 Å². The van der Waals surface area contributed by atoms with Crippen molar-refractivity contribution in [1.82, 2.24) is 19.8 Å². The van der Waals surface area contributed by atoms with Crippen molar-refractivity contribution in [3.8, 4) is 0 Å². The van der Waals surface area contributed by atoms with Crippen LogP contribution in [0.5, 0.6) is 0 Å². The van der Waals surface area contributed by atoms with Gasteiger partial charge in [0.25, 0.3) is 0 Å². The first-order valence-corrected chi connectivity index (χ1v) is 11.2. The van der Waals surface area contributed by atoms with Gasteiger partial charge < -0.3 is 14.6 Å². The van der Waals surface area contributed by atoms with Crippen molar-refractivity contribution in [2.45, 2.75) is 38.3 Å². The molecule has 2 fully saturated rings. The summed E-state index contributed by atoms with van der Waals surface area (Å²) in [4.78, 5) is 24.2. The van der Waals surface area contributed by atoms with E-state index in [9.17, 15) is 9.18 Å². The quantitative estimate of drug-likeness (QED) is 0.657. The van der Waals surface area contributed by atoms with Gasteiger partial charge in [-0.15, -0.1) is 0 Å². The highest BCUT2D eigenvalue weighted by Crippen LogP contribution is 2.22. The predicted octanol–water partition coefficient (Wildman–Crippen LogP) is 3.48. The van der Waals surface area contributed by atoms with E-state index in [2.05, 4.69) is 14.9 Å². The molecule has 7 heteroatoms. The summed E-state index contributed by atoms with van der Waals surface area (Å²) in [5, 5.41) is 0. The summed E-state index contributed by atoms with van der Waals surface area (Å²) in [6, 6.07) is 6.99. The van der Waals surface area contributed by atoms with Crippen molar-refractivity contribution >= 4 is 12.0 Å². The summed E-state index contributed by atoms with van der Waals surface area (Å²) in [5.74, 6) is 0.323. The molecule has 2 aliphatic rings. The number of aromatic amines is 1. The third-order valence-corrected chi connectivity index (χ3v) is 6.22. The van der Waals surface area contributed by atoms with E-state index >= 15 is 0 Å². The van der Waals surface area contributed by atoms with Crippen LogP contribution in [-0.4, -0.2) is 64.6 Å². The Labute approximate surface area is 183 Å². The number of rotatable bonds is 8. The van der Waals surface area contributed by atoms with Gasteiger partial charge in [0.1, 0.15) is 5.82 Å². The maximum Gasteiger partial charge on any atom is 0.246 e. The monoisotopic (exact) mass is 426 g/mol. The zero-order valence-electron chi connectivity index (χ0n) is 17.9. The number of likely N-dealkylation sites (tertiary alicyclic amines) is 1. The van der Waals surface area contributed by atoms with Gasteiger partial charge in [0.05, 0.1) is 24.3 Å². The molecule has 1 N–H and O–H groups in total. The van der Waals surface area contributed by atoms with E-state index in [1.165, 1.54) is 6.07 Å². The number of nitrogens with zero attached hydrogens (tertiary/aromatic N) is 3. The first-order valence-electron chi connectivity index (χ1n) is 11.2. The lowest BCUT2D eigenvalue weighted by molar-refractivity contribution is -0.128. The number of ether oxygens (including phenoxy) is 1. The molecule has 1 amide bonds. The molecule has 31 heavy (non-hydrogen) atoms. The van der Waals surface area contributed by atoms with Crippen LogP contribution >= 0.6 is 0 Å². The normalized spacial score (nSPS) is 20.5. The minimum absolute atomic E-state index is 0.0129. The highest BCUT2D eigenvalue weighted by Gasteiger charge is 2.26. The standard InChI is InChI=1S/C24H31FN4O2/c25-23-6-2-1-4-20(23)16-28-11-9-19(10-12-28)15-29(17-22-5-3-13-31-22)24(30)8-7-21-14-26-18-27-21/h1-2,4,6-8,14,18-19,22H,3,5,9-13,15-17H2,(H,26,27)/b8-7+/t22-/m0/s1. The molecule has 2 aromatic rings. The number of piperidine rings is 1. The van der Waals surface area contributed by atoms with Gasteiger partial charge in [-0.1, -0.05) is 18.2 Å². The smallest absolute Gasteiger partial charge is 0.246 e. The molecular formula is C24H31FN4O2. The van der Waals surface area contributed by atoms with Crippen LogP contribution < -0.4 is 0 Å². The largest absolute Gasteiger partial charge is 0.376 e. The highest BCUT2D eigenvalue weighted by molar-refractivity contribution is 5.91. The third kappa shape index (κ3) is 6.24. The maximum atomic E-state index is 14.0. The second-order valence-corrected chi connectivity index (χ2v) is 8.53. The number of carbonyl (C=O) groups is 1. The van der Waals surface area contributed by atoms with Crippen LogP contribution in [0, 0.1) is 11.7 Å². The van der Waals surface area contributed by atoms with Crippen LogP contribution in [0.3, 0.4) is 0 Å². The van der Waals surface area contributed by atoms with Crippen molar-refractivity contribution < 1.29 is 13.9 Å². The van der Waals surface area contributed by atoms with Gasteiger partial charge in [0.15, 0.2) is 0 Å². The van der Waals surface area contributed by atoms with Gasteiger partial charge in [-0.2, -0.15) is 0 Å². The van der Waals surface area contributed by atoms with E-state index in [-0.39, 0.29) is 17.8 Å². The summed E-state index contributed by atoms with van der Waals surface area (Å²) >= 11 is 0. The van der Waals surface area contributed by atoms with Gasteiger partial charge in [0.2, 0.25) is 5.91 Å². The maximum absolute atomic E-state index is 14.0. The Bertz CT molecular complexity index is 856. The molecule has 0 spiro atoms. The fourth-order valence-electron chi connectivity index (χ4n) is 4.42. The number of halogens is 1. The van der Waals surface area contributed by atoms with E-state index in [1.54, 1.807) is 30.7 Å². The van der Waals surface area contributed by atoms with Gasteiger partial charge in [-0.3, -0.25) is 9.69 Å². The first kappa shape index (κ1) is 21.7. The molecule has 0 saturated carbocycles. The van der Waals surface area contributed by atoms with Crippen molar-refractivity contribution in [2.24, 2.45) is 5.92 Å².